The van der Waals surface area contributed by atoms with Crippen molar-refractivity contribution in [3.05, 3.63) is 99.8 Å². The number of hydrogen-bond donors (Lipinski definition) is 2. The Morgan fingerprint density at radius 3 is 2.48 bits per heavy atom. The van der Waals surface area contributed by atoms with E-state index in [-0.39, 0.29) is 12.4 Å². The van der Waals surface area contributed by atoms with Gasteiger partial charge in [-0.1, -0.05) is 64.5 Å². The number of aliphatic hydroxyl groups excluding tert-OH is 1. The maximum atomic E-state index is 13.8. The quantitative estimate of drug-likeness (QED) is 0.529. The number of rotatable bonds is 8. The van der Waals surface area contributed by atoms with Gasteiger partial charge in [-0.2, -0.15) is 0 Å². The predicted molar refractivity (Wildman–Crippen MR) is 108 cm³/mol. The molecule has 0 heterocycles. The summed E-state index contributed by atoms with van der Waals surface area (Å²) >= 11 is 3.47. The van der Waals surface area contributed by atoms with Crippen molar-refractivity contribution in [3.63, 3.8) is 0 Å². The molecule has 0 aliphatic carbocycles. The normalized spacial score (nSPS) is 12.0. The topological polar surface area (TPSA) is 41.5 Å². The lowest BCUT2D eigenvalue weighted by Crippen LogP contribution is -2.21. The van der Waals surface area contributed by atoms with Crippen LogP contribution in [0.3, 0.4) is 0 Å². The summed E-state index contributed by atoms with van der Waals surface area (Å²) in [4.78, 5) is 0. The van der Waals surface area contributed by atoms with Gasteiger partial charge in [0, 0.05) is 28.7 Å². The third-order valence-corrected chi connectivity index (χ3v) is 4.69. The second-order valence-corrected chi connectivity index (χ2v) is 7.11. The van der Waals surface area contributed by atoms with Gasteiger partial charge >= 0.3 is 0 Å². The highest BCUT2D eigenvalue weighted by Crippen LogP contribution is 2.25. The molecule has 0 unspecified atom stereocenters. The van der Waals surface area contributed by atoms with Crippen molar-refractivity contribution in [2.24, 2.45) is 0 Å². The van der Waals surface area contributed by atoms with Crippen molar-refractivity contribution in [2.75, 3.05) is 6.54 Å². The van der Waals surface area contributed by atoms with E-state index in [1.165, 1.54) is 6.07 Å². The van der Waals surface area contributed by atoms with E-state index >= 15 is 0 Å². The molecular weight excluding hydrogens is 409 g/mol. The largest absolute Gasteiger partial charge is 0.488 e. The van der Waals surface area contributed by atoms with E-state index in [1.807, 2.05) is 48.5 Å². The van der Waals surface area contributed by atoms with Gasteiger partial charge in [-0.15, -0.1) is 0 Å². The highest BCUT2D eigenvalue weighted by molar-refractivity contribution is 9.10. The number of aliphatic hydroxyl groups is 1. The van der Waals surface area contributed by atoms with Crippen molar-refractivity contribution < 1.29 is 14.2 Å². The molecule has 0 radical (unpaired) electrons. The Hall–Kier alpha value is -2.21. The summed E-state index contributed by atoms with van der Waals surface area (Å²) < 4.78 is 20.6. The van der Waals surface area contributed by atoms with E-state index in [4.69, 9.17) is 4.74 Å². The number of benzene rings is 3. The second kappa shape index (κ2) is 9.65. The molecule has 0 fully saturated rings. The monoisotopic (exact) mass is 429 g/mol. The van der Waals surface area contributed by atoms with Crippen molar-refractivity contribution in [1.82, 2.24) is 5.32 Å². The molecule has 0 amide bonds. The van der Waals surface area contributed by atoms with Gasteiger partial charge in [-0.3, -0.25) is 0 Å². The van der Waals surface area contributed by atoms with Gasteiger partial charge in [0.05, 0.1) is 6.10 Å². The van der Waals surface area contributed by atoms with Crippen molar-refractivity contribution >= 4 is 15.9 Å². The summed E-state index contributed by atoms with van der Waals surface area (Å²) in [7, 11) is 0. The Kier molecular flexibility index (Phi) is 6.98. The Bertz CT molecular complexity index is 873. The molecule has 140 valence electrons. The van der Waals surface area contributed by atoms with Crippen LogP contribution in [0.25, 0.3) is 0 Å². The van der Waals surface area contributed by atoms with Gasteiger partial charge < -0.3 is 15.2 Å². The minimum absolute atomic E-state index is 0.161. The molecule has 0 aromatic heterocycles. The van der Waals surface area contributed by atoms with Crippen LogP contribution in [-0.4, -0.2) is 11.7 Å². The fourth-order valence-corrected chi connectivity index (χ4v) is 3.14. The SMILES string of the molecule is O[C@@H](CNCc1cc(Br)ccc1OCc1ccccc1F)c1ccccc1. The van der Waals surface area contributed by atoms with Crippen LogP contribution in [0.15, 0.2) is 77.3 Å². The Morgan fingerprint density at radius 1 is 0.963 bits per heavy atom. The summed E-state index contributed by atoms with van der Waals surface area (Å²) in [6.07, 6.45) is -0.582. The number of halogens is 2. The lowest BCUT2D eigenvalue weighted by atomic mass is 10.1. The zero-order chi connectivity index (χ0) is 19.1. The van der Waals surface area contributed by atoms with Crippen LogP contribution in [0.4, 0.5) is 4.39 Å². The smallest absolute Gasteiger partial charge is 0.129 e. The third-order valence-electron chi connectivity index (χ3n) is 4.20. The maximum Gasteiger partial charge on any atom is 0.129 e. The minimum Gasteiger partial charge on any atom is -0.488 e. The molecule has 27 heavy (non-hydrogen) atoms. The molecule has 0 aliphatic heterocycles. The fourth-order valence-electron chi connectivity index (χ4n) is 2.73. The average Bonchev–Trinajstić information content (AvgIpc) is 2.69. The molecule has 3 aromatic rings. The highest BCUT2D eigenvalue weighted by Gasteiger charge is 2.10. The summed E-state index contributed by atoms with van der Waals surface area (Å²) in [5.74, 6) is 0.406. The van der Waals surface area contributed by atoms with Crippen molar-refractivity contribution in [3.8, 4) is 5.75 Å². The lowest BCUT2D eigenvalue weighted by molar-refractivity contribution is 0.174. The second-order valence-electron chi connectivity index (χ2n) is 6.19. The first-order valence-electron chi connectivity index (χ1n) is 8.72. The van der Waals surface area contributed by atoms with Crippen LogP contribution in [-0.2, 0) is 13.2 Å². The Balaban J connectivity index is 1.61. The highest BCUT2D eigenvalue weighted by atomic mass is 79.9. The average molecular weight is 430 g/mol. The maximum absolute atomic E-state index is 13.8. The summed E-state index contributed by atoms with van der Waals surface area (Å²) in [6, 6.07) is 21.8. The molecule has 3 nitrogen and oxygen atoms in total. The molecule has 0 saturated heterocycles. The zero-order valence-electron chi connectivity index (χ0n) is 14.7. The van der Waals surface area contributed by atoms with E-state index in [0.717, 1.165) is 15.6 Å². The Labute approximate surface area is 166 Å². The van der Waals surface area contributed by atoms with E-state index in [9.17, 15) is 9.50 Å². The minimum atomic E-state index is -0.582. The molecule has 0 saturated carbocycles. The van der Waals surface area contributed by atoms with E-state index in [1.54, 1.807) is 18.2 Å². The number of hydrogen-bond acceptors (Lipinski definition) is 3. The van der Waals surface area contributed by atoms with Crippen LogP contribution < -0.4 is 10.1 Å². The molecule has 0 spiro atoms. The summed E-state index contributed by atoms with van der Waals surface area (Å²) in [5, 5.41) is 13.5. The van der Waals surface area contributed by atoms with Crippen LogP contribution in [0.2, 0.25) is 0 Å². The first kappa shape index (κ1) is 19.5. The Morgan fingerprint density at radius 2 is 1.70 bits per heavy atom. The first-order chi connectivity index (χ1) is 13.1. The first-order valence-corrected chi connectivity index (χ1v) is 9.51. The van der Waals surface area contributed by atoms with Gasteiger partial charge in [-0.25, -0.2) is 4.39 Å². The van der Waals surface area contributed by atoms with Crippen LogP contribution in [0.1, 0.15) is 22.8 Å². The molecule has 0 bridgehead atoms. The summed E-state index contributed by atoms with van der Waals surface area (Å²) in [6.45, 7) is 1.10. The molecule has 5 heteroatoms. The van der Waals surface area contributed by atoms with E-state index < -0.39 is 6.10 Å². The van der Waals surface area contributed by atoms with Crippen LogP contribution in [0, 0.1) is 5.82 Å². The van der Waals surface area contributed by atoms with Crippen molar-refractivity contribution in [1.29, 1.82) is 0 Å². The molecular formula is C22H21BrFNO2. The van der Waals surface area contributed by atoms with Crippen LogP contribution >= 0.6 is 15.9 Å². The van der Waals surface area contributed by atoms with Gasteiger partial charge in [0.1, 0.15) is 18.2 Å². The van der Waals surface area contributed by atoms with Gasteiger partial charge in [-0.05, 0) is 29.8 Å². The third kappa shape index (κ3) is 5.63. The number of ether oxygens (including phenoxy) is 1. The summed E-state index contributed by atoms with van der Waals surface area (Å²) in [5.41, 5.74) is 2.31. The standard InChI is InChI=1S/C22H21BrFNO2/c23-19-10-11-22(27-15-17-8-4-5-9-20(17)24)18(12-19)13-25-14-21(26)16-6-2-1-3-7-16/h1-12,21,25-26H,13-15H2/t21-/m0/s1. The molecule has 3 aromatic carbocycles. The molecule has 3 rings (SSSR count). The lowest BCUT2D eigenvalue weighted by Gasteiger charge is -2.15. The van der Waals surface area contributed by atoms with E-state index in [0.29, 0.717) is 24.4 Å². The number of nitrogens with one attached hydrogen (secondary N) is 1. The van der Waals surface area contributed by atoms with Crippen LogP contribution in [0.5, 0.6) is 5.75 Å². The predicted octanol–water partition coefficient (Wildman–Crippen LogP) is 4.99. The molecule has 2 N–H and O–H groups in total. The fraction of sp³-hybridized carbons (Fsp3) is 0.182. The van der Waals surface area contributed by atoms with Gasteiger partial charge in [0.2, 0.25) is 0 Å². The zero-order valence-corrected chi connectivity index (χ0v) is 16.3. The van der Waals surface area contributed by atoms with Crippen molar-refractivity contribution in [2.45, 2.75) is 19.3 Å². The van der Waals surface area contributed by atoms with Gasteiger partial charge in [0.25, 0.3) is 0 Å². The molecule has 1 atom stereocenters. The molecule has 0 aliphatic rings. The van der Waals surface area contributed by atoms with Gasteiger partial charge in [0.15, 0.2) is 0 Å². The van der Waals surface area contributed by atoms with E-state index in [2.05, 4.69) is 21.2 Å².